The molecule has 0 aromatic heterocycles. The van der Waals surface area contributed by atoms with Gasteiger partial charge >= 0.3 is 0 Å². The van der Waals surface area contributed by atoms with Crippen molar-refractivity contribution in [2.45, 2.75) is 19.4 Å². The maximum atomic E-state index is 11.3. The summed E-state index contributed by atoms with van der Waals surface area (Å²) in [5.41, 5.74) is 8.09. The lowest BCUT2D eigenvalue weighted by atomic mass is 10.3. The van der Waals surface area contributed by atoms with E-state index in [1.54, 1.807) is 0 Å². The molecule has 7 heteroatoms. The van der Waals surface area contributed by atoms with Crippen LogP contribution in [0.2, 0.25) is 0 Å². The van der Waals surface area contributed by atoms with Gasteiger partial charge in [-0.2, -0.15) is 0 Å². The molecule has 0 spiro atoms. The fraction of sp³-hybridized carbons (Fsp3) is 1.00. The molecule has 1 fully saturated rings. The summed E-state index contributed by atoms with van der Waals surface area (Å²) in [6.07, 6.45) is 0.786. The van der Waals surface area contributed by atoms with Gasteiger partial charge in [0, 0.05) is 24.0 Å². The number of rotatable bonds is 4. The van der Waals surface area contributed by atoms with Gasteiger partial charge in [0.2, 0.25) is 0 Å². The van der Waals surface area contributed by atoms with Crippen LogP contribution in [-0.4, -0.2) is 50.5 Å². The second-order valence-corrected chi connectivity index (χ2v) is 6.04. The molecule has 0 saturated carbocycles. The number of sulfone groups is 1. The lowest BCUT2D eigenvalue weighted by Crippen LogP contribution is -2.47. The molecule has 1 aliphatic heterocycles. The third kappa shape index (κ3) is 4.07. The molecule has 0 amide bonds. The average Bonchev–Trinajstić information content (AvgIpc) is 2.14. The van der Waals surface area contributed by atoms with Gasteiger partial charge < -0.3 is 0 Å². The number of azide groups is 1. The first-order valence-electron chi connectivity index (χ1n) is 5.00. The highest BCUT2D eigenvalue weighted by molar-refractivity contribution is 7.91. The second-order valence-electron chi connectivity index (χ2n) is 3.81. The molecule has 0 aliphatic carbocycles. The molecular formula is C8H16N4O2S. The van der Waals surface area contributed by atoms with E-state index in [2.05, 4.69) is 14.9 Å². The van der Waals surface area contributed by atoms with Crippen molar-refractivity contribution >= 4 is 9.84 Å². The summed E-state index contributed by atoms with van der Waals surface area (Å²) in [4.78, 5) is 4.80. The molecule has 6 nitrogen and oxygen atoms in total. The molecular weight excluding hydrogens is 216 g/mol. The third-order valence-electron chi connectivity index (χ3n) is 2.57. The minimum atomic E-state index is -2.82. The van der Waals surface area contributed by atoms with E-state index < -0.39 is 9.84 Å². The Bertz CT molecular complexity index is 348. The Hall–Kier alpha value is -0.780. The summed E-state index contributed by atoms with van der Waals surface area (Å²) in [6.45, 7) is 3.80. The molecule has 1 unspecified atom stereocenters. The van der Waals surface area contributed by atoms with E-state index in [0.717, 1.165) is 13.0 Å². The zero-order valence-corrected chi connectivity index (χ0v) is 9.65. The fourth-order valence-corrected chi connectivity index (χ4v) is 3.38. The minimum absolute atomic E-state index is 0.0785. The molecule has 0 aromatic carbocycles. The molecule has 0 aromatic rings. The van der Waals surface area contributed by atoms with Gasteiger partial charge in [-0.15, -0.1) is 0 Å². The van der Waals surface area contributed by atoms with E-state index in [0.29, 0.717) is 13.1 Å². The first kappa shape index (κ1) is 12.3. The first-order chi connectivity index (χ1) is 7.05. The predicted octanol–water partition coefficient (Wildman–Crippen LogP) is 0.806. The van der Waals surface area contributed by atoms with Crippen LogP contribution in [0.1, 0.15) is 13.3 Å². The summed E-state index contributed by atoms with van der Waals surface area (Å²) in [5, 5.41) is 3.45. The van der Waals surface area contributed by atoms with Crippen LogP contribution in [0.15, 0.2) is 5.11 Å². The van der Waals surface area contributed by atoms with Crippen LogP contribution in [0, 0.1) is 0 Å². The van der Waals surface area contributed by atoms with E-state index in [-0.39, 0.29) is 17.5 Å². The Kier molecular flexibility index (Phi) is 4.38. The highest BCUT2D eigenvalue weighted by Gasteiger charge is 2.27. The minimum Gasteiger partial charge on any atom is -0.299 e. The lowest BCUT2D eigenvalue weighted by Gasteiger charge is -2.32. The van der Waals surface area contributed by atoms with Crippen molar-refractivity contribution in [1.29, 1.82) is 0 Å². The van der Waals surface area contributed by atoms with Gasteiger partial charge in [-0.3, -0.25) is 4.90 Å². The van der Waals surface area contributed by atoms with Gasteiger partial charge in [-0.05, 0) is 25.4 Å². The molecule has 0 bridgehead atoms. The van der Waals surface area contributed by atoms with E-state index in [1.165, 1.54) is 0 Å². The summed E-state index contributed by atoms with van der Waals surface area (Å²) in [5.74, 6) is 0.493. The van der Waals surface area contributed by atoms with Gasteiger partial charge in [0.1, 0.15) is 0 Å². The van der Waals surface area contributed by atoms with Crippen molar-refractivity contribution in [3.8, 4) is 0 Å². The van der Waals surface area contributed by atoms with Crippen molar-refractivity contribution in [1.82, 2.24) is 4.90 Å². The van der Waals surface area contributed by atoms with Crippen LogP contribution in [0.4, 0.5) is 0 Å². The number of hydrogen-bond acceptors (Lipinski definition) is 4. The van der Waals surface area contributed by atoms with Gasteiger partial charge in [0.15, 0.2) is 9.84 Å². The summed E-state index contributed by atoms with van der Waals surface area (Å²) in [6, 6.07) is 0.0785. The zero-order valence-electron chi connectivity index (χ0n) is 8.83. The number of nitrogens with zero attached hydrogens (tertiary/aromatic N) is 4. The SMILES string of the molecule is CC1CS(=O)(=O)CCN1CCCN=[N+]=[N-]. The quantitative estimate of drug-likeness (QED) is 0.311. The topological polar surface area (TPSA) is 86.1 Å². The largest absolute Gasteiger partial charge is 0.299 e. The Morgan fingerprint density at radius 3 is 2.93 bits per heavy atom. The summed E-state index contributed by atoms with van der Waals surface area (Å²) in [7, 11) is -2.82. The molecule has 1 aliphatic rings. The zero-order chi connectivity index (χ0) is 11.3. The Morgan fingerprint density at radius 2 is 2.33 bits per heavy atom. The Morgan fingerprint density at radius 1 is 1.60 bits per heavy atom. The van der Waals surface area contributed by atoms with Gasteiger partial charge in [-0.1, -0.05) is 5.11 Å². The third-order valence-corrected chi connectivity index (χ3v) is 4.37. The number of hydrogen-bond donors (Lipinski definition) is 0. The predicted molar refractivity (Wildman–Crippen MR) is 58.3 cm³/mol. The second kappa shape index (κ2) is 5.34. The molecule has 15 heavy (non-hydrogen) atoms. The van der Waals surface area contributed by atoms with Crippen LogP contribution in [0.5, 0.6) is 0 Å². The van der Waals surface area contributed by atoms with Crippen LogP contribution in [0.25, 0.3) is 10.4 Å². The van der Waals surface area contributed by atoms with Crippen molar-refractivity contribution in [3.63, 3.8) is 0 Å². The maximum absolute atomic E-state index is 11.3. The molecule has 0 N–H and O–H groups in total. The first-order valence-corrected chi connectivity index (χ1v) is 6.82. The molecule has 86 valence electrons. The molecule has 1 atom stereocenters. The van der Waals surface area contributed by atoms with Crippen LogP contribution in [-0.2, 0) is 9.84 Å². The lowest BCUT2D eigenvalue weighted by molar-refractivity contribution is 0.225. The van der Waals surface area contributed by atoms with Gasteiger partial charge in [0.05, 0.1) is 11.5 Å². The standard InChI is InChI=1S/C8H16N4O2S/c1-8-7-15(13,14)6-5-12(8)4-2-3-10-11-9/h8H,2-7H2,1H3. The van der Waals surface area contributed by atoms with Gasteiger partial charge in [-0.25, -0.2) is 8.42 Å². The monoisotopic (exact) mass is 232 g/mol. The van der Waals surface area contributed by atoms with Gasteiger partial charge in [0.25, 0.3) is 0 Å². The van der Waals surface area contributed by atoms with E-state index >= 15 is 0 Å². The molecule has 1 heterocycles. The highest BCUT2D eigenvalue weighted by atomic mass is 32.2. The summed E-state index contributed by atoms with van der Waals surface area (Å²) < 4.78 is 22.6. The van der Waals surface area contributed by atoms with Crippen molar-refractivity contribution in [2.75, 3.05) is 31.1 Å². The fourth-order valence-electron chi connectivity index (χ4n) is 1.75. The van der Waals surface area contributed by atoms with Crippen molar-refractivity contribution < 1.29 is 8.42 Å². The van der Waals surface area contributed by atoms with Crippen molar-refractivity contribution in [3.05, 3.63) is 10.4 Å². The van der Waals surface area contributed by atoms with Crippen molar-refractivity contribution in [2.24, 2.45) is 5.11 Å². The normalized spacial score (nSPS) is 25.8. The Balaban J connectivity index is 2.35. The van der Waals surface area contributed by atoms with E-state index in [9.17, 15) is 8.42 Å². The van der Waals surface area contributed by atoms with E-state index in [4.69, 9.17) is 5.53 Å². The molecule has 1 rings (SSSR count). The van der Waals surface area contributed by atoms with Crippen LogP contribution in [0.3, 0.4) is 0 Å². The van der Waals surface area contributed by atoms with Crippen LogP contribution < -0.4 is 0 Å². The molecule has 0 radical (unpaired) electrons. The smallest absolute Gasteiger partial charge is 0.153 e. The summed E-state index contributed by atoms with van der Waals surface area (Å²) >= 11 is 0. The Labute approximate surface area is 89.8 Å². The van der Waals surface area contributed by atoms with E-state index in [1.807, 2.05) is 6.92 Å². The molecule has 1 saturated heterocycles. The van der Waals surface area contributed by atoms with Crippen LogP contribution >= 0.6 is 0 Å². The maximum Gasteiger partial charge on any atom is 0.153 e. The average molecular weight is 232 g/mol. The highest BCUT2D eigenvalue weighted by Crippen LogP contribution is 2.11.